The minimum atomic E-state index is -2.69. The number of rotatable bonds is 4. The number of hydrogen-bond acceptors (Lipinski definition) is 3. The maximum absolute atomic E-state index is 12.6. The Balaban J connectivity index is 2.98. The molecule has 17 heavy (non-hydrogen) atoms. The molecule has 0 unspecified atom stereocenters. The van der Waals surface area contributed by atoms with Gasteiger partial charge in [-0.1, -0.05) is 11.6 Å². The Hall–Kier alpha value is -1.23. The van der Waals surface area contributed by atoms with Crippen molar-refractivity contribution in [2.45, 2.75) is 26.7 Å². The highest BCUT2D eigenvalue weighted by molar-refractivity contribution is 6.32. The molecule has 1 aromatic heterocycles. The van der Waals surface area contributed by atoms with Gasteiger partial charge in [-0.05, 0) is 19.9 Å². The predicted octanol–water partition coefficient (Wildman–Crippen LogP) is 3.09. The van der Waals surface area contributed by atoms with E-state index in [2.05, 4.69) is 4.98 Å². The molecular weight excluding hydrogens is 252 g/mol. The number of halogens is 3. The molecule has 0 spiro atoms. The molecule has 0 amide bonds. The topological polar surface area (TPSA) is 39.2 Å². The van der Waals surface area contributed by atoms with E-state index >= 15 is 0 Å². The lowest BCUT2D eigenvalue weighted by atomic mass is 10.1. The minimum absolute atomic E-state index is 0.0624. The maximum atomic E-state index is 12.6. The number of aromatic nitrogens is 1. The van der Waals surface area contributed by atoms with Crippen molar-refractivity contribution in [3.63, 3.8) is 0 Å². The van der Waals surface area contributed by atoms with Crippen LogP contribution in [0.2, 0.25) is 5.02 Å². The second-order valence-electron chi connectivity index (χ2n) is 3.38. The van der Waals surface area contributed by atoms with Gasteiger partial charge in [0.25, 0.3) is 6.43 Å². The zero-order valence-corrected chi connectivity index (χ0v) is 10.2. The summed E-state index contributed by atoms with van der Waals surface area (Å²) in [7, 11) is 0. The molecule has 0 radical (unpaired) electrons. The highest BCUT2D eigenvalue weighted by Gasteiger charge is 2.17. The van der Waals surface area contributed by atoms with E-state index in [0.29, 0.717) is 0 Å². The highest BCUT2D eigenvalue weighted by Crippen LogP contribution is 2.29. The first-order chi connectivity index (χ1) is 7.95. The Morgan fingerprint density at radius 3 is 2.76 bits per heavy atom. The van der Waals surface area contributed by atoms with Crippen molar-refractivity contribution in [3.8, 4) is 0 Å². The first-order valence-corrected chi connectivity index (χ1v) is 5.43. The molecule has 0 aliphatic heterocycles. The standard InChI is InChI=1S/C11H12ClF2NO2/c1-3-17-9(16)5-7-4-8(11(13)14)10(12)6(2)15-7/h4,11H,3,5H2,1-2H3. The molecule has 0 saturated carbocycles. The fourth-order valence-corrected chi connectivity index (χ4v) is 1.54. The van der Waals surface area contributed by atoms with E-state index in [1.807, 2.05) is 0 Å². The van der Waals surface area contributed by atoms with Crippen molar-refractivity contribution in [2.24, 2.45) is 0 Å². The third-order valence-corrected chi connectivity index (χ3v) is 2.56. The maximum Gasteiger partial charge on any atom is 0.311 e. The average molecular weight is 264 g/mol. The molecule has 1 aromatic rings. The average Bonchev–Trinajstić information content (AvgIpc) is 2.23. The summed E-state index contributed by atoms with van der Waals surface area (Å²) in [5.41, 5.74) is 0.211. The van der Waals surface area contributed by atoms with E-state index in [9.17, 15) is 13.6 Å². The number of alkyl halides is 2. The number of nitrogens with zero attached hydrogens (tertiary/aromatic N) is 1. The summed E-state index contributed by atoms with van der Waals surface area (Å²) < 4.78 is 30.0. The molecule has 0 aliphatic rings. The second kappa shape index (κ2) is 5.91. The molecule has 0 saturated heterocycles. The lowest BCUT2D eigenvalue weighted by Gasteiger charge is -2.09. The number of carbonyl (C=O) groups excluding carboxylic acids is 1. The van der Waals surface area contributed by atoms with Crippen molar-refractivity contribution in [2.75, 3.05) is 6.61 Å². The molecule has 0 N–H and O–H groups in total. The predicted molar refractivity (Wildman–Crippen MR) is 59.3 cm³/mol. The smallest absolute Gasteiger partial charge is 0.311 e. The van der Waals surface area contributed by atoms with Crippen LogP contribution in [0.25, 0.3) is 0 Å². The summed E-state index contributed by atoms with van der Waals surface area (Å²) in [6.07, 6.45) is -2.82. The van der Waals surface area contributed by atoms with Gasteiger partial charge in [0.05, 0.1) is 29.4 Å². The van der Waals surface area contributed by atoms with Crippen molar-refractivity contribution in [1.29, 1.82) is 0 Å². The Morgan fingerprint density at radius 2 is 2.24 bits per heavy atom. The Morgan fingerprint density at radius 1 is 1.59 bits per heavy atom. The number of esters is 1. The zero-order valence-electron chi connectivity index (χ0n) is 9.47. The van der Waals surface area contributed by atoms with Crippen LogP contribution < -0.4 is 0 Å². The van der Waals surface area contributed by atoms with Crippen LogP contribution in [0.4, 0.5) is 8.78 Å². The van der Waals surface area contributed by atoms with Crippen molar-refractivity contribution in [3.05, 3.63) is 28.0 Å². The van der Waals surface area contributed by atoms with Crippen LogP contribution in [0, 0.1) is 6.92 Å². The van der Waals surface area contributed by atoms with Crippen LogP contribution in [0.5, 0.6) is 0 Å². The fourth-order valence-electron chi connectivity index (χ4n) is 1.36. The zero-order chi connectivity index (χ0) is 13.0. The van der Waals surface area contributed by atoms with Crippen LogP contribution in [-0.2, 0) is 16.0 Å². The number of hydrogen-bond donors (Lipinski definition) is 0. The van der Waals surface area contributed by atoms with E-state index in [1.54, 1.807) is 6.92 Å². The first-order valence-electron chi connectivity index (χ1n) is 5.05. The molecular formula is C11H12ClF2NO2. The van der Waals surface area contributed by atoms with Crippen molar-refractivity contribution < 1.29 is 18.3 Å². The highest BCUT2D eigenvalue weighted by atomic mass is 35.5. The van der Waals surface area contributed by atoms with Crippen LogP contribution in [0.15, 0.2) is 6.07 Å². The lowest BCUT2D eigenvalue weighted by molar-refractivity contribution is -0.142. The van der Waals surface area contributed by atoms with E-state index in [4.69, 9.17) is 16.3 Å². The van der Waals surface area contributed by atoms with E-state index < -0.39 is 12.4 Å². The van der Waals surface area contributed by atoms with Crippen LogP contribution >= 0.6 is 11.6 Å². The molecule has 1 rings (SSSR count). The summed E-state index contributed by atoms with van der Waals surface area (Å²) >= 11 is 5.70. The Kier molecular flexibility index (Phi) is 4.81. The summed E-state index contributed by atoms with van der Waals surface area (Å²) in [5.74, 6) is -0.498. The SMILES string of the molecule is CCOC(=O)Cc1cc(C(F)F)c(Cl)c(C)n1. The molecule has 1 heterocycles. The van der Waals surface area contributed by atoms with Gasteiger partial charge in [-0.15, -0.1) is 0 Å². The third kappa shape index (κ3) is 3.63. The van der Waals surface area contributed by atoms with Gasteiger partial charge in [0.15, 0.2) is 0 Å². The molecule has 0 bridgehead atoms. The third-order valence-electron chi connectivity index (χ3n) is 2.07. The van der Waals surface area contributed by atoms with Crippen LogP contribution in [-0.4, -0.2) is 17.6 Å². The second-order valence-corrected chi connectivity index (χ2v) is 3.76. The van der Waals surface area contributed by atoms with Gasteiger partial charge in [-0.25, -0.2) is 8.78 Å². The molecule has 0 fully saturated rings. The first kappa shape index (κ1) is 13.8. The van der Waals surface area contributed by atoms with Crippen LogP contribution in [0.3, 0.4) is 0 Å². The molecule has 0 aromatic carbocycles. The minimum Gasteiger partial charge on any atom is -0.466 e. The number of ether oxygens (including phenoxy) is 1. The van der Waals surface area contributed by atoms with Gasteiger partial charge < -0.3 is 4.74 Å². The van der Waals surface area contributed by atoms with Gasteiger partial charge >= 0.3 is 5.97 Å². The molecule has 0 aliphatic carbocycles. The van der Waals surface area contributed by atoms with Crippen molar-refractivity contribution in [1.82, 2.24) is 4.98 Å². The normalized spacial score (nSPS) is 10.7. The van der Waals surface area contributed by atoms with Gasteiger partial charge in [0.1, 0.15) is 0 Å². The molecule has 94 valence electrons. The van der Waals surface area contributed by atoms with Gasteiger partial charge in [-0.2, -0.15) is 0 Å². The summed E-state index contributed by atoms with van der Waals surface area (Å²) in [6, 6.07) is 1.14. The number of pyridine rings is 1. The molecule has 0 atom stereocenters. The summed E-state index contributed by atoms with van der Waals surface area (Å²) in [6.45, 7) is 3.43. The fraction of sp³-hybridized carbons (Fsp3) is 0.455. The van der Waals surface area contributed by atoms with Gasteiger partial charge in [0.2, 0.25) is 0 Å². The van der Waals surface area contributed by atoms with Crippen LogP contribution in [0.1, 0.15) is 30.3 Å². The Bertz CT molecular complexity index is 424. The molecule has 6 heteroatoms. The quantitative estimate of drug-likeness (QED) is 0.784. The number of carbonyl (C=O) groups is 1. The number of aryl methyl sites for hydroxylation is 1. The monoisotopic (exact) mass is 263 g/mol. The summed E-state index contributed by atoms with van der Waals surface area (Å²) in [4.78, 5) is 15.2. The lowest BCUT2D eigenvalue weighted by Crippen LogP contribution is -2.10. The Labute approximate surface area is 103 Å². The largest absolute Gasteiger partial charge is 0.466 e. The summed E-state index contributed by atoms with van der Waals surface area (Å²) in [5, 5.41) is -0.0624. The molecule has 3 nitrogen and oxygen atoms in total. The van der Waals surface area contributed by atoms with E-state index in [-0.39, 0.29) is 35.0 Å². The van der Waals surface area contributed by atoms with Gasteiger partial charge in [0, 0.05) is 5.56 Å². The van der Waals surface area contributed by atoms with Gasteiger partial charge in [-0.3, -0.25) is 9.78 Å². The van der Waals surface area contributed by atoms with Crippen molar-refractivity contribution >= 4 is 17.6 Å². The van der Waals surface area contributed by atoms with E-state index in [0.717, 1.165) is 6.07 Å². The van der Waals surface area contributed by atoms with E-state index in [1.165, 1.54) is 6.92 Å².